The van der Waals surface area contributed by atoms with Crippen molar-refractivity contribution in [3.05, 3.63) is 28.7 Å². The Hall–Kier alpha value is -2.55. The number of nitrogens with one attached hydrogen (secondary N) is 1. The zero-order valence-electron chi connectivity index (χ0n) is 10.9. The molecule has 2 rings (SSSR count). The molecule has 0 aliphatic carbocycles. The molecule has 6 nitrogen and oxygen atoms in total. The van der Waals surface area contributed by atoms with E-state index in [0.717, 1.165) is 0 Å². The molecule has 0 fully saturated rings. The van der Waals surface area contributed by atoms with Gasteiger partial charge in [-0.25, -0.2) is 4.79 Å². The summed E-state index contributed by atoms with van der Waals surface area (Å²) in [5.74, 6) is -0.870. The molecular formula is C13H13N3O3. The maximum Gasteiger partial charge on any atom is 0.417 e. The molecule has 98 valence electrons. The first-order valence-corrected chi connectivity index (χ1v) is 5.67. The van der Waals surface area contributed by atoms with Crippen LogP contribution in [0.2, 0.25) is 0 Å². The summed E-state index contributed by atoms with van der Waals surface area (Å²) < 4.78 is 4.94. The minimum atomic E-state index is -1.11. The third-order valence-electron chi connectivity index (χ3n) is 2.91. The minimum Gasteiger partial charge on any atom is -0.408 e. The van der Waals surface area contributed by atoms with Gasteiger partial charge < -0.3 is 9.32 Å². The number of fused-ring (bicyclic) bond motifs is 1. The van der Waals surface area contributed by atoms with Crippen molar-refractivity contribution in [2.75, 3.05) is 11.9 Å². The van der Waals surface area contributed by atoms with Gasteiger partial charge in [-0.3, -0.25) is 9.78 Å². The number of carbonyl (C=O) groups is 1. The quantitative estimate of drug-likeness (QED) is 0.887. The third-order valence-corrected chi connectivity index (χ3v) is 2.91. The van der Waals surface area contributed by atoms with Gasteiger partial charge in [0.05, 0.1) is 11.6 Å². The molecule has 1 amide bonds. The van der Waals surface area contributed by atoms with E-state index in [9.17, 15) is 9.59 Å². The molecule has 0 spiro atoms. The molecule has 0 atom stereocenters. The van der Waals surface area contributed by atoms with Crippen molar-refractivity contribution in [1.82, 2.24) is 4.98 Å². The summed E-state index contributed by atoms with van der Waals surface area (Å²) in [6, 6.07) is 6.88. The molecular weight excluding hydrogens is 246 g/mol. The van der Waals surface area contributed by atoms with Crippen LogP contribution in [0.1, 0.15) is 13.8 Å². The van der Waals surface area contributed by atoms with E-state index in [2.05, 4.69) is 4.98 Å². The molecule has 1 aromatic carbocycles. The molecule has 0 radical (unpaired) electrons. The molecule has 0 bridgehead atoms. The van der Waals surface area contributed by atoms with Crippen LogP contribution in [0.4, 0.5) is 5.69 Å². The van der Waals surface area contributed by atoms with E-state index >= 15 is 0 Å². The summed E-state index contributed by atoms with van der Waals surface area (Å²) >= 11 is 0. The number of benzene rings is 1. The molecule has 1 heterocycles. The van der Waals surface area contributed by atoms with Gasteiger partial charge in [0.2, 0.25) is 5.91 Å². The summed E-state index contributed by atoms with van der Waals surface area (Å²) in [5.41, 5.74) is 0.387. The van der Waals surface area contributed by atoms with Gasteiger partial charge in [0.1, 0.15) is 5.41 Å². The van der Waals surface area contributed by atoms with Crippen molar-refractivity contribution in [3.8, 4) is 6.07 Å². The van der Waals surface area contributed by atoms with Gasteiger partial charge in [0.25, 0.3) is 0 Å². The van der Waals surface area contributed by atoms with Crippen molar-refractivity contribution >= 4 is 22.7 Å². The van der Waals surface area contributed by atoms with Crippen molar-refractivity contribution in [3.63, 3.8) is 0 Å². The SMILES string of the molecule is CN(C(=O)C(C)(C)C#N)c1ccc2[nH]c(=O)oc2c1. The highest BCUT2D eigenvalue weighted by Crippen LogP contribution is 2.24. The van der Waals surface area contributed by atoms with Gasteiger partial charge >= 0.3 is 5.76 Å². The van der Waals surface area contributed by atoms with Gasteiger partial charge in [-0.15, -0.1) is 0 Å². The largest absolute Gasteiger partial charge is 0.417 e. The third kappa shape index (κ3) is 2.22. The van der Waals surface area contributed by atoms with Crippen molar-refractivity contribution in [1.29, 1.82) is 5.26 Å². The Balaban J connectivity index is 2.42. The number of amides is 1. The van der Waals surface area contributed by atoms with Crippen LogP contribution in [0.5, 0.6) is 0 Å². The normalized spacial score (nSPS) is 11.3. The average Bonchev–Trinajstić information content (AvgIpc) is 2.75. The smallest absolute Gasteiger partial charge is 0.408 e. The Kier molecular flexibility index (Phi) is 2.91. The molecule has 1 N–H and O–H groups in total. The predicted octanol–water partition coefficient (Wildman–Crippen LogP) is 1.63. The highest BCUT2D eigenvalue weighted by Gasteiger charge is 2.31. The lowest BCUT2D eigenvalue weighted by molar-refractivity contribution is -0.123. The zero-order chi connectivity index (χ0) is 14.2. The molecule has 6 heteroatoms. The first kappa shape index (κ1) is 12.9. The number of aromatic amines is 1. The predicted molar refractivity (Wildman–Crippen MR) is 69.6 cm³/mol. The molecule has 0 unspecified atom stereocenters. The van der Waals surface area contributed by atoms with Crippen LogP contribution in [0, 0.1) is 16.7 Å². The lowest BCUT2D eigenvalue weighted by Crippen LogP contribution is -2.37. The molecule has 0 aliphatic rings. The standard InChI is InChI=1S/C13H13N3O3/c1-13(2,7-14)11(17)16(3)8-4-5-9-10(6-8)19-12(18)15-9/h4-6H,1-3H3,(H,15,18). The van der Waals surface area contributed by atoms with Crippen LogP contribution in [0.25, 0.3) is 11.1 Å². The Morgan fingerprint density at radius 2 is 2.16 bits per heavy atom. The number of nitriles is 1. The first-order valence-electron chi connectivity index (χ1n) is 5.67. The fourth-order valence-corrected chi connectivity index (χ4v) is 1.73. The Morgan fingerprint density at radius 3 is 2.79 bits per heavy atom. The zero-order valence-corrected chi connectivity index (χ0v) is 10.9. The van der Waals surface area contributed by atoms with E-state index in [-0.39, 0.29) is 5.91 Å². The lowest BCUT2D eigenvalue weighted by atomic mass is 9.94. The molecule has 2 aromatic rings. The molecule has 19 heavy (non-hydrogen) atoms. The number of anilines is 1. The fraction of sp³-hybridized carbons (Fsp3) is 0.308. The topological polar surface area (TPSA) is 90.1 Å². The van der Waals surface area contributed by atoms with Crippen LogP contribution in [0.3, 0.4) is 0 Å². The molecule has 0 saturated heterocycles. The van der Waals surface area contributed by atoms with Crippen LogP contribution >= 0.6 is 0 Å². The van der Waals surface area contributed by atoms with E-state index in [0.29, 0.717) is 16.8 Å². The second-order valence-corrected chi connectivity index (χ2v) is 4.80. The summed E-state index contributed by atoms with van der Waals surface area (Å²) in [6.07, 6.45) is 0. The van der Waals surface area contributed by atoms with Gasteiger partial charge in [-0.2, -0.15) is 5.26 Å². The number of carbonyl (C=O) groups excluding carboxylic acids is 1. The van der Waals surface area contributed by atoms with Crippen LogP contribution in [-0.4, -0.2) is 17.9 Å². The van der Waals surface area contributed by atoms with E-state index in [1.165, 1.54) is 4.90 Å². The number of rotatable bonds is 2. The highest BCUT2D eigenvalue weighted by molar-refractivity contribution is 5.99. The van der Waals surface area contributed by atoms with E-state index in [1.807, 2.05) is 6.07 Å². The van der Waals surface area contributed by atoms with E-state index in [1.54, 1.807) is 39.1 Å². The Morgan fingerprint density at radius 1 is 1.47 bits per heavy atom. The number of aromatic nitrogens is 1. The maximum absolute atomic E-state index is 12.1. The number of H-pyrrole nitrogens is 1. The van der Waals surface area contributed by atoms with Crippen molar-refractivity contribution < 1.29 is 9.21 Å². The van der Waals surface area contributed by atoms with Crippen LogP contribution < -0.4 is 10.7 Å². The van der Waals surface area contributed by atoms with E-state index < -0.39 is 11.2 Å². The highest BCUT2D eigenvalue weighted by atomic mass is 16.4. The summed E-state index contributed by atoms with van der Waals surface area (Å²) in [5, 5.41) is 8.97. The number of hydrogen-bond donors (Lipinski definition) is 1. The summed E-state index contributed by atoms with van der Waals surface area (Å²) in [7, 11) is 1.58. The van der Waals surface area contributed by atoms with E-state index in [4.69, 9.17) is 9.68 Å². The summed E-state index contributed by atoms with van der Waals surface area (Å²) in [4.78, 5) is 27.1. The van der Waals surface area contributed by atoms with Gasteiger partial charge in [-0.1, -0.05) is 0 Å². The second kappa shape index (κ2) is 4.28. The number of hydrogen-bond acceptors (Lipinski definition) is 4. The molecule has 1 aromatic heterocycles. The Bertz CT molecular complexity index is 733. The van der Waals surface area contributed by atoms with Gasteiger partial charge in [-0.05, 0) is 26.0 Å². The number of nitrogens with zero attached hydrogens (tertiary/aromatic N) is 2. The fourth-order valence-electron chi connectivity index (χ4n) is 1.73. The van der Waals surface area contributed by atoms with Gasteiger partial charge in [0, 0.05) is 18.8 Å². The van der Waals surface area contributed by atoms with Crippen LogP contribution in [-0.2, 0) is 4.79 Å². The van der Waals surface area contributed by atoms with Crippen molar-refractivity contribution in [2.45, 2.75) is 13.8 Å². The maximum atomic E-state index is 12.1. The van der Waals surface area contributed by atoms with Crippen LogP contribution in [0.15, 0.2) is 27.4 Å². The number of oxazole rings is 1. The monoisotopic (exact) mass is 259 g/mol. The second-order valence-electron chi connectivity index (χ2n) is 4.80. The molecule has 0 aliphatic heterocycles. The summed E-state index contributed by atoms with van der Waals surface area (Å²) in [6.45, 7) is 3.11. The Labute approximate surface area is 109 Å². The van der Waals surface area contributed by atoms with Crippen molar-refractivity contribution in [2.24, 2.45) is 5.41 Å². The first-order chi connectivity index (χ1) is 8.85. The van der Waals surface area contributed by atoms with Gasteiger partial charge in [0.15, 0.2) is 5.58 Å². The molecule has 0 saturated carbocycles. The lowest BCUT2D eigenvalue weighted by Gasteiger charge is -2.23. The average molecular weight is 259 g/mol. The minimum absolute atomic E-state index is 0.327.